The van der Waals surface area contributed by atoms with Crippen LogP contribution in [0.5, 0.6) is 0 Å². The second-order valence-corrected chi connectivity index (χ2v) is 6.11. The molecule has 1 N–H and O–H groups in total. The number of benzene rings is 1. The summed E-state index contributed by atoms with van der Waals surface area (Å²) in [6.45, 7) is 0.871. The molecule has 0 aliphatic heterocycles. The summed E-state index contributed by atoms with van der Waals surface area (Å²) in [5, 5.41) is 5.27. The molecule has 112 valence electrons. The molecule has 0 saturated heterocycles. The largest absolute Gasteiger partial charge is 0.378 e. The lowest BCUT2D eigenvalue weighted by molar-refractivity contribution is 0.0949. The van der Waals surface area contributed by atoms with Gasteiger partial charge in [-0.2, -0.15) is 0 Å². The van der Waals surface area contributed by atoms with E-state index in [9.17, 15) is 9.18 Å². The van der Waals surface area contributed by atoms with Crippen LogP contribution in [-0.4, -0.2) is 24.5 Å². The van der Waals surface area contributed by atoms with Crippen molar-refractivity contribution >= 4 is 33.2 Å². The summed E-state index contributed by atoms with van der Waals surface area (Å²) < 4.78 is 18.5. The first kappa shape index (κ1) is 16.1. The molecule has 1 aromatic carbocycles. The van der Waals surface area contributed by atoms with E-state index in [1.807, 2.05) is 0 Å². The number of nitrogens with one attached hydrogen (secondary N) is 1. The van der Waals surface area contributed by atoms with Crippen molar-refractivity contribution in [2.75, 3.05) is 13.7 Å². The predicted molar refractivity (Wildman–Crippen MR) is 83.0 cm³/mol. The molecule has 0 bridgehead atoms. The summed E-state index contributed by atoms with van der Waals surface area (Å²) in [4.78, 5) is 16.1. The Bertz CT molecular complexity index is 633. The average molecular weight is 373 g/mol. The number of nitrogens with zero attached hydrogens (tertiary/aromatic N) is 1. The third kappa shape index (κ3) is 4.59. The Hall–Kier alpha value is -1.31. The molecule has 0 spiro atoms. The van der Waals surface area contributed by atoms with Crippen molar-refractivity contribution in [1.29, 1.82) is 0 Å². The summed E-state index contributed by atoms with van der Waals surface area (Å²) in [7, 11) is 1.59. The fourth-order valence-corrected chi connectivity index (χ4v) is 2.88. The average Bonchev–Trinajstić information content (AvgIpc) is 2.92. The van der Waals surface area contributed by atoms with Crippen LogP contribution in [0.1, 0.15) is 21.1 Å². The highest BCUT2D eigenvalue weighted by atomic mass is 79.9. The monoisotopic (exact) mass is 372 g/mol. The number of methoxy groups -OCH3 is 1. The maximum atomic E-state index is 13.1. The minimum atomic E-state index is -0.295. The number of halogens is 2. The first-order valence-electron chi connectivity index (χ1n) is 6.25. The van der Waals surface area contributed by atoms with Crippen LogP contribution in [0, 0.1) is 5.82 Å². The number of thiazole rings is 1. The van der Waals surface area contributed by atoms with Crippen molar-refractivity contribution in [2.45, 2.75) is 13.0 Å². The summed E-state index contributed by atoms with van der Waals surface area (Å²) in [6.07, 6.45) is 0.625. The number of hydrogen-bond donors (Lipinski definition) is 1. The standard InChI is InChI=1S/C14H14BrFN2O2S/c1-20-7-13-18-12(8-21-13)14(19)17-5-4-9-2-3-11(16)10(15)6-9/h2-3,6,8H,4-5,7H2,1H3,(H,17,19). The Labute approximate surface area is 134 Å². The Kier molecular flexibility index (Phi) is 5.84. The molecule has 0 fully saturated rings. The highest BCUT2D eigenvalue weighted by Gasteiger charge is 2.10. The first-order chi connectivity index (χ1) is 10.1. The molecule has 21 heavy (non-hydrogen) atoms. The van der Waals surface area contributed by atoms with Crippen LogP contribution in [0.3, 0.4) is 0 Å². The molecule has 0 atom stereocenters. The second-order valence-electron chi connectivity index (χ2n) is 4.31. The molecule has 0 aliphatic rings. The van der Waals surface area contributed by atoms with Crippen molar-refractivity contribution in [3.63, 3.8) is 0 Å². The maximum absolute atomic E-state index is 13.1. The Morgan fingerprint density at radius 3 is 3.05 bits per heavy atom. The van der Waals surface area contributed by atoms with Gasteiger partial charge in [-0.3, -0.25) is 4.79 Å². The van der Waals surface area contributed by atoms with E-state index in [-0.39, 0.29) is 11.7 Å². The summed E-state index contributed by atoms with van der Waals surface area (Å²) >= 11 is 4.53. The lowest BCUT2D eigenvalue weighted by Gasteiger charge is -2.04. The lowest BCUT2D eigenvalue weighted by atomic mass is 10.1. The van der Waals surface area contributed by atoms with Gasteiger partial charge in [-0.25, -0.2) is 9.37 Å². The van der Waals surface area contributed by atoms with Gasteiger partial charge in [-0.05, 0) is 40.0 Å². The number of carbonyl (C=O) groups excluding carboxylic acids is 1. The van der Waals surface area contributed by atoms with E-state index in [4.69, 9.17) is 4.74 Å². The number of ether oxygens (including phenoxy) is 1. The third-order valence-electron chi connectivity index (χ3n) is 2.74. The Morgan fingerprint density at radius 1 is 1.52 bits per heavy atom. The number of aromatic nitrogens is 1. The number of rotatable bonds is 6. The molecular weight excluding hydrogens is 359 g/mol. The lowest BCUT2D eigenvalue weighted by Crippen LogP contribution is -2.26. The Morgan fingerprint density at radius 2 is 2.33 bits per heavy atom. The van der Waals surface area contributed by atoms with Gasteiger partial charge in [0.15, 0.2) is 0 Å². The topological polar surface area (TPSA) is 51.2 Å². The first-order valence-corrected chi connectivity index (χ1v) is 7.93. The predicted octanol–water partition coefficient (Wildman–Crippen LogP) is 3.16. The summed E-state index contributed by atoms with van der Waals surface area (Å²) in [5.74, 6) is -0.509. The van der Waals surface area contributed by atoms with Gasteiger partial charge < -0.3 is 10.1 Å². The van der Waals surface area contributed by atoms with Crippen molar-refractivity contribution in [3.05, 3.63) is 50.1 Å². The van der Waals surface area contributed by atoms with Crippen LogP contribution in [0.25, 0.3) is 0 Å². The zero-order valence-electron chi connectivity index (χ0n) is 11.4. The van der Waals surface area contributed by atoms with E-state index >= 15 is 0 Å². The molecule has 0 radical (unpaired) electrons. The molecule has 1 aromatic heterocycles. The molecule has 0 unspecified atom stereocenters. The molecule has 2 aromatic rings. The molecule has 0 saturated carbocycles. The van der Waals surface area contributed by atoms with Crippen molar-refractivity contribution < 1.29 is 13.9 Å². The molecule has 2 rings (SSSR count). The molecule has 1 heterocycles. The molecule has 1 amide bonds. The molecule has 0 aliphatic carbocycles. The van der Waals surface area contributed by atoms with Crippen molar-refractivity contribution in [2.24, 2.45) is 0 Å². The quantitative estimate of drug-likeness (QED) is 0.846. The highest BCUT2D eigenvalue weighted by molar-refractivity contribution is 9.10. The van der Waals surface area contributed by atoms with E-state index in [1.165, 1.54) is 17.4 Å². The van der Waals surface area contributed by atoms with Gasteiger partial charge in [-0.15, -0.1) is 11.3 Å². The molecule has 7 heteroatoms. The Balaban J connectivity index is 1.84. The minimum absolute atomic E-state index is 0.213. The van der Waals surface area contributed by atoms with Crippen molar-refractivity contribution in [1.82, 2.24) is 10.3 Å². The number of amides is 1. The number of hydrogen-bond acceptors (Lipinski definition) is 4. The van der Waals surface area contributed by atoms with Crippen molar-refractivity contribution in [3.8, 4) is 0 Å². The van der Waals surface area contributed by atoms with E-state index in [0.717, 1.165) is 10.6 Å². The fraction of sp³-hybridized carbons (Fsp3) is 0.286. The van der Waals surface area contributed by atoms with E-state index in [1.54, 1.807) is 24.6 Å². The zero-order chi connectivity index (χ0) is 15.2. The smallest absolute Gasteiger partial charge is 0.270 e. The number of carbonyl (C=O) groups is 1. The van der Waals surface area contributed by atoms with E-state index in [0.29, 0.717) is 29.7 Å². The highest BCUT2D eigenvalue weighted by Crippen LogP contribution is 2.17. The van der Waals surface area contributed by atoms with Gasteiger partial charge in [0.05, 0.1) is 11.1 Å². The van der Waals surface area contributed by atoms with Crippen LogP contribution in [0.2, 0.25) is 0 Å². The van der Waals surface area contributed by atoms with Crippen LogP contribution in [0.15, 0.2) is 28.1 Å². The van der Waals surface area contributed by atoms with Crippen LogP contribution in [-0.2, 0) is 17.8 Å². The van der Waals surface area contributed by atoms with Gasteiger partial charge in [0.1, 0.15) is 16.5 Å². The molecular formula is C14H14BrFN2O2S. The van der Waals surface area contributed by atoms with Gasteiger partial charge in [0.2, 0.25) is 0 Å². The van der Waals surface area contributed by atoms with Gasteiger partial charge in [-0.1, -0.05) is 6.07 Å². The third-order valence-corrected chi connectivity index (χ3v) is 4.17. The van der Waals surface area contributed by atoms with Crippen LogP contribution in [0.4, 0.5) is 4.39 Å². The molecule has 4 nitrogen and oxygen atoms in total. The van der Waals surface area contributed by atoms with E-state index in [2.05, 4.69) is 26.2 Å². The van der Waals surface area contributed by atoms with Gasteiger partial charge in [0, 0.05) is 19.0 Å². The summed E-state index contributed by atoms with van der Waals surface area (Å²) in [5.41, 5.74) is 1.34. The summed E-state index contributed by atoms with van der Waals surface area (Å²) in [6, 6.07) is 4.81. The normalized spacial score (nSPS) is 10.6. The van der Waals surface area contributed by atoms with E-state index < -0.39 is 0 Å². The minimum Gasteiger partial charge on any atom is -0.378 e. The van der Waals surface area contributed by atoms with Gasteiger partial charge in [0.25, 0.3) is 5.91 Å². The zero-order valence-corrected chi connectivity index (χ0v) is 13.8. The second kappa shape index (κ2) is 7.63. The maximum Gasteiger partial charge on any atom is 0.270 e. The van der Waals surface area contributed by atoms with Crippen LogP contribution < -0.4 is 5.32 Å². The SMILES string of the molecule is COCc1nc(C(=O)NCCc2ccc(F)c(Br)c2)cs1. The van der Waals surface area contributed by atoms with Crippen LogP contribution >= 0.6 is 27.3 Å². The van der Waals surface area contributed by atoms with Gasteiger partial charge >= 0.3 is 0 Å². The fourth-order valence-electron chi connectivity index (χ4n) is 1.71.